The monoisotopic (exact) mass is 288 g/mol. The van der Waals surface area contributed by atoms with Crippen molar-refractivity contribution in [2.75, 3.05) is 11.5 Å². The first-order chi connectivity index (χ1) is 8.41. The summed E-state index contributed by atoms with van der Waals surface area (Å²) in [6.07, 6.45) is 0. The molecule has 0 atom stereocenters. The van der Waals surface area contributed by atoms with Crippen molar-refractivity contribution in [1.29, 1.82) is 0 Å². The smallest absolute Gasteiger partial charge is 0.134 e. The van der Waals surface area contributed by atoms with Gasteiger partial charge in [-0.1, -0.05) is 23.2 Å². The van der Waals surface area contributed by atoms with Crippen molar-refractivity contribution in [2.45, 2.75) is 0 Å². The second-order valence-electron chi connectivity index (χ2n) is 3.69. The third-order valence-electron chi connectivity index (χ3n) is 2.44. The molecule has 0 amide bonds. The summed E-state index contributed by atoms with van der Waals surface area (Å²) in [4.78, 5) is 0. The largest absolute Gasteiger partial charge is 0.399 e. The maximum Gasteiger partial charge on any atom is 0.134 e. The van der Waals surface area contributed by atoms with E-state index in [9.17, 15) is 8.78 Å². The van der Waals surface area contributed by atoms with E-state index in [0.29, 0.717) is 0 Å². The molecule has 2 aromatic carbocycles. The lowest BCUT2D eigenvalue weighted by Gasteiger charge is -2.11. The molecule has 18 heavy (non-hydrogen) atoms. The first-order valence-electron chi connectivity index (χ1n) is 4.90. The van der Waals surface area contributed by atoms with Gasteiger partial charge in [-0.05, 0) is 24.3 Å². The van der Waals surface area contributed by atoms with Gasteiger partial charge in [0.05, 0.1) is 15.7 Å². The normalized spacial score (nSPS) is 10.7. The van der Waals surface area contributed by atoms with Crippen LogP contribution in [0.5, 0.6) is 0 Å². The summed E-state index contributed by atoms with van der Waals surface area (Å²) in [6, 6.07) is 4.76. The molecule has 0 aliphatic rings. The third-order valence-corrected chi connectivity index (χ3v) is 3.14. The van der Waals surface area contributed by atoms with Crippen LogP contribution >= 0.6 is 23.2 Å². The summed E-state index contributed by atoms with van der Waals surface area (Å²) in [5.41, 5.74) is 11.0. The fourth-order valence-electron chi connectivity index (χ4n) is 1.63. The van der Waals surface area contributed by atoms with Gasteiger partial charge in [-0.15, -0.1) is 0 Å². The lowest BCUT2D eigenvalue weighted by atomic mass is 10.0. The quantitative estimate of drug-likeness (QED) is 0.776. The Bertz CT molecular complexity index is 607. The predicted octanol–water partition coefficient (Wildman–Crippen LogP) is 4.10. The molecule has 0 radical (unpaired) electrons. The Morgan fingerprint density at radius 2 is 1.56 bits per heavy atom. The molecule has 0 aliphatic heterocycles. The third kappa shape index (κ3) is 2.09. The summed E-state index contributed by atoms with van der Waals surface area (Å²) in [7, 11) is 0. The lowest BCUT2D eigenvalue weighted by Crippen LogP contribution is -1.97. The summed E-state index contributed by atoms with van der Waals surface area (Å²) in [6.45, 7) is 0. The van der Waals surface area contributed by atoms with Crippen molar-refractivity contribution in [2.24, 2.45) is 0 Å². The molecule has 4 N–H and O–H groups in total. The minimum Gasteiger partial charge on any atom is -0.399 e. The summed E-state index contributed by atoms with van der Waals surface area (Å²) in [5, 5.41) is -0.112. The van der Waals surface area contributed by atoms with Crippen LogP contribution in [-0.2, 0) is 0 Å². The first-order valence-corrected chi connectivity index (χ1v) is 5.65. The SMILES string of the molecule is Nc1cc(F)c(-c2c(F)ccc(N)c2Cl)c(Cl)c1. The maximum atomic E-state index is 13.9. The Morgan fingerprint density at radius 1 is 0.889 bits per heavy atom. The highest BCUT2D eigenvalue weighted by Gasteiger charge is 2.19. The van der Waals surface area contributed by atoms with Crippen molar-refractivity contribution in [1.82, 2.24) is 0 Å². The van der Waals surface area contributed by atoms with Gasteiger partial charge in [0.1, 0.15) is 11.6 Å². The van der Waals surface area contributed by atoms with Crippen molar-refractivity contribution in [3.05, 3.63) is 45.9 Å². The fraction of sp³-hybridized carbons (Fsp3) is 0. The summed E-state index contributed by atoms with van der Waals surface area (Å²) in [5.74, 6) is -1.47. The van der Waals surface area contributed by atoms with Crippen molar-refractivity contribution < 1.29 is 8.78 Å². The molecule has 2 nitrogen and oxygen atoms in total. The van der Waals surface area contributed by atoms with Crippen LogP contribution in [-0.4, -0.2) is 0 Å². The molecule has 2 aromatic rings. The van der Waals surface area contributed by atoms with Crippen LogP contribution < -0.4 is 11.5 Å². The van der Waals surface area contributed by atoms with Gasteiger partial charge < -0.3 is 11.5 Å². The number of rotatable bonds is 1. The number of nitrogen functional groups attached to an aromatic ring is 2. The van der Waals surface area contributed by atoms with E-state index >= 15 is 0 Å². The van der Waals surface area contributed by atoms with Gasteiger partial charge in [-0.25, -0.2) is 8.78 Å². The van der Waals surface area contributed by atoms with E-state index in [4.69, 9.17) is 34.7 Å². The number of hydrogen-bond donors (Lipinski definition) is 2. The van der Waals surface area contributed by atoms with Crippen LogP contribution in [0, 0.1) is 11.6 Å². The zero-order chi connectivity index (χ0) is 13.4. The predicted molar refractivity (Wildman–Crippen MR) is 70.6 cm³/mol. The topological polar surface area (TPSA) is 52.0 Å². The van der Waals surface area contributed by atoms with Gasteiger partial charge in [-0.3, -0.25) is 0 Å². The van der Waals surface area contributed by atoms with Gasteiger partial charge in [0.2, 0.25) is 0 Å². The Kier molecular flexibility index (Phi) is 3.32. The highest BCUT2D eigenvalue weighted by atomic mass is 35.5. The zero-order valence-corrected chi connectivity index (χ0v) is 10.5. The van der Waals surface area contributed by atoms with Gasteiger partial charge in [-0.2, -0.15) is 0 Å². The number of nitrogens with two attached hydrogens (primary N) is 2. The van der Waals surface area contributed by atoms with Gasteiger partial charge in [0, 0.05) is 16.8 Å². The average Bonchev–Trinajstić information content (AvgIpc) is 2.27. The lowest BCUT2D eigenvalue weighted by molar-refractivity contribution is 0.617. The molecule has 6 heteroatoms. The van der Waals surface area contributed by atoms with E-state index in [-0.39, 0.29) is 32.5 Å². The summed E-state index contributed by atoms with van der Waals surface area (Å²) < 4.78 is 27.6. The Balaban J connectivity index is 2.81. The van der Waals surface area contributed by atoms with E-state index in [0.717, 1.165) is 12.1 Å². The molecular formula is C12H8Cl2F2N2. The van der Waals surface area contributed by atoms with Crippen LogP contribution in [0.1, 0.15) is 0 Å². The van der Waals surface area contributed by atoms with E-state index in [1.54, 1.807) is 0 Å². The van der Waals surface area contributed by atoms with Crippen molar-refractivity contribution >= 4 is 34.6 Å². The number of benzene rings is 2. The van der Waals surface area contributed by atoms with Crippen LogP contribution in [0.15, 0.2) is 24.3 Å². The van der Waals surface area contributed by atoms with E-state index in [2.05, 4.69) is 0 Å². The standard InChI is InChI=1S/C12H8Cl2F2N2/c13-6-3-5(17)4-8(16)10(6)11-7(15)1-2-9(18)12(11)14/h1-4H,17-18H2. The molecule has 0 bridgehead atoms. The molecule has 0 fully saturated rings. The first kappa shape index (κ1) is 12.9. The molecular weight excluding hydrogens is 281 g/mol. The number of anilines is 2. The molecule has 0 aliphatic carbocycles. The average molecular weight is 289 g/mol. The molecule has 0 saturated carbocycles. The Hall–Kier alpha value is -1.52. The van der Waals surface area contributed by atoms with E-state index in [1.165, 1.54) is 12.1 Å². The van der Waals surface area contributed by atoms with Gasteiger partial charge >= 0.3 is 0 Å². The van der Waals surface area contributed by atoms with Crippen LogP contribution in [0.3, 0.4) is 0 Å². The zero-order valence-electron chi connectivity index (χ0n) is 8.98. The molecule has 0 unspecified atom stereocenters. The Morgan fingerprint density at radius 3 is 2.17 bits per heavy atom. The Labute approximate surface area is 112 Å². The van der Waals surface area contributed by atoms with Gasteiger partial charge in [0.25, 0.3) is 0 Å². The van der Waals surface area contributed by atoms with Crippen LogP contribution in [0.2, 0.25) is 10.0 Å². The van der Waals surface area contributed by atoms with Gasteiger partial charge in [0.15, 0.2) is 0 Å². The maximum absolute atomic E-state index is 13.9. The molecule has 0 aromatic heterocycles. The van der Waals surface area contributed by atoms with Crippen LogP contribution in [0.4, 0.5) is 20.2 Å². The molecule has 2 rings (SSSR count). The molecule has 0 heterocycles. The molecule has 94 valence electrons. The second kappa shape index (κ2) is 4.63. The highest BCUT2D eigenvalue weighted by Crippen LogP contribution is 2.40. The minimum absolute atomic E-state index is 0.0288. The number of halogens is 4. The fourth-order valence-corrected chi connectivity index (χ4v) is 2.19. The summed E-state index contributed by atoms with van der Waals surface area (Å²) >= 11 is 11.8. The number of hydrogen-bond acceptors (Lipinski definition) is 2. The molecule has 0 spiro atoms. The minimum atomic E-state index is -0.758. The second-order valence-corrected chi connectivity index (χ2v) is 4.47. The highest BCUT2D eigenvalue weighted by molar-refractivity contribution is 6.38. The van der Waals surface area contributed by atoms with E-state index in [1.807, 2.05) is 0 Å². The molecule has 0 saturated heterocycles. The van der Waals surface area contributed by atoms with Crippen molar-refractivity contribution in [3.63, 3.8) is 0 Å². The van der Waals surface area contributed by atoms with Crippen LogP contribution in [0.25, 0.3) is 11.1 Å². The van der Waals surface area contributed by atoms with Crippen molar-refractivity contribution in [3.8, 4) is 11.1 Å². The van der Waals surface area contributed by atoms with E-state index < -0.39 is 11.6 Å².